The number of carbonyl (C=O) groups excluding carboxylic acids is 1. The minimum Gasteiger partial charge on any atom is -0.331 e. The second kappa shape index (κ2) is 6.49. The van der Waals surface area contributed by atoms with Crippen LogP contribution in [-0.4, -0.2) is 24.0 Å². The molecule has 1 fully saturated rings. The van der Waals surface area contributed by atoms with Crippen molar-refractivity contribution in [3.05, 3.63) is 34.9 Å². The fourth-order valence-corrected chi connectivity index (χ4v) is 3.07. The monoisotopic (exact) mass is 294 g/mol. The summed E-state index contributed by atoms with van der Waals surface area (Å²) >= 11 is 5.88. The van der Waals surface area contributed by atoms with Gasteiger partial charge in [-0.15, -0.1) is 0 Å². The van der Waals surface area contributed by atoms with Crippen LogP contribution in [0.5, 0.6) is 0 Å². The van der Waals surface area contributed by atoms with E-state index >= 15 is 0 Å². The number of hydrogen-bond donors (Lipinski definition) is 1. The van der Waals surface area contributed by atoms with Crippen molar-refractivity contribution in [1.29, 1.82) is 0 Å². The molecule has 3 atom stereocenters. The standard InChI is InChI=1S/C16H23ClN2O/c1-11-8-12(2)10-19(9-11)16(20)18-13(3)14-4-6-15(17)7-5-14/h4-7,11-13H,8-10H2,1-3H3,(H,18,20). The number of hydrogen-bond acceptors (Lipinski definition) is 1. The molecule has 2 rings (SSSR count). The molecule has 0 radical (unpaired) electrons. The second-order valence-corrected chi connectivity index (χ2v) is 6.51. The minimum absolute atomic E-state index is 0.00712. The molecule has 1 heterocycles. The summed E-state index contributed by atoms with van der Waals surface area (Å²) in [6.45, 7) is 8.11. The summed E-state index contributed by atoms with van der Waals surface area (Å²) in [4.78, 5) is 14.3. The van der Waals surface area contributed by atoms with Crippen molar-refractivity contribution >= 4 is 17.6 Å². The Morgan fingerprint density at radius 3 is 2.35 bits per heavy atom. The summed E-state index contributed by atoms with van der Waals surface area (Å²) in [6, 6.07) is 7.64. The highest BCUT2D eigenvalue weighted by Crippen LogP contribution is 2.22. The highest BCUT2D eigenvalue weighted by atomic mass is 35.5. The molecule has 1 aromatic carbocycles. The largest absolute Gasteiger partial charge is 0.331 e. The molecule has 0 spiro atoms. The van der Waals surface area contributed by atoms with Crippen molar-refractivity contribution in [2.24, 2.45) is 11.8 Å². The fourth-order valence-electron chi connectivity index (χ4n) is 2.94. The Morgan fingerprint density at radius 2 is 1.80 bits per heavy atom. The smallest absolute Gasteiger partial charge is 0.317 e. The zero-order valence-corrected chi connectivity index (χ0v) is 13.2. The lowest BCUT2D eigenvalue weighted by Crippen LogP contribution is -2.47. The van der Waals surface area contributed by atoms with Crippen LogP contribution in [0.1, 0.15) is 38.8 Å². The van der Waals surface area contributed by atoms with Crippen LogP contribution < -0.4 is 5.32 Å². The van der Waals surface area contributed by atoms with Crippen molar-refractivity contribution in [3.8, 4) is 0 Å². The van der Waals surface area contributed by atoms with E-state index < -0.39 is 0 Å². The Morgan fingerprint density at radius 1 is 1.25 bits per heavy atom. The lowest BCUT2D eigenvalue weighted by atomic mass is 9.92. The predicted octanol–water partition coefficient (Wildman–Crippen LogP) is 4.09. The summed E-state index contributed by atoms with van der Waals surface area (Å²) in [7, 11) is 0. The molecule has 0 bridgehead atoms. The lowest BCUT2D eigenvalue weighted by molar-refractivity contribution is 0.144. The average molecular weight is 295 g/mol. The third-order valence-electron chi connectivity index (χ3n) is 3.87. The number of carbonyl (C=O) groups is 1. The topological polar surface area (TPSA) is 32.3 Å². The van der Waals surface area contributed by atoms with Gasteiger partial charge in [0, 0.05) is 18.1 Å². The number of urea groups is 1. The number of nitrogens with zero attached hydrogens (tertiary/aromatic N) is 1. The first-order valence-electron chi connectivity index (χ1n) is 7.26. The fraction of sp³-hybridized carbons (Fsp3) is 0.562. The first kappa shape index (κ1) is 15.2. The summed E-state index contributed by atoms with van der Waals surface area (Å²) in [5.41, 5.74) is 1.07. The number of nitrogens with one attached hydrogen (secondary N) is 1. The number of benzene rings is 1. The maximum Gasteiger partial charge on any atom is 0.317 e. The van der Waals surface area contributed by atoms with Crippen molar-refractivity contribution < 1.29 is 4.79 Å². The third-order valence-corrected chi connectivity index (χ3v) is 4.12. The molecule has 0 aromatic heterocycles. The number of rotatable bonds is 2. The molecule has 3 nitrogen and oxygen atoms in total. The van der Waals surface area contributed by atoms with Gasteiger partial charge >= 0.3 is 6.03 Å². The van der Waals surface area contributed by atoms with E-state index in [-0.39, 0.29) is 12.1 Å². The molecule has 2 amide bonds. The Bertz CT molecular complexity index is 450. The van der Waals surface area contributed by atoms with Crippen molar-refractivity contribution in [2.45, 2.75) is 33.2 Å². The second-order valence-electron chi connectivity index (χ2n) is 6.07. The summed E-state index contributed by atoms with van der Waals surface area (Å²) in [6.07, 6.45) is 1.20. The van der Waals surface area contributed by atoms with E-state index in [4.69, 9.17) is 11.6 Å². The van der Waals surface area contributed by atoms with Gasteiger partial charge in [-0.3, -0.25) is 0 Å². The van der Waals surface area contributed by atoms with Crippen LogP contribution in [0.15, 0.2) is 24.3 Å². The molecular weight excluding hydrogens is 272 g/mol. The Labute approximate surface area is 126 Å². The van der Waals surface area contributed by atoms with E-state index in [1.165, 1.54) is 6.42 Å². The summed E-state index contributed by atoms with van der Waals surface area (Å²) < 4.78 is 0. The van der Waals surface area contributed by atoms with Crippen molar-refractivity contribution in [2.75, 3.05) is 13.1 Å². The molecule has 1 aliphatic heterocycles. The van der Waals surface area contributed by atoms with Crippen LogP contribution in [0.3, 0.4) is 0 Å². The number of piperidine rings is 1. The van der Waals surface area contributed by atoms with Gasteiger partial charge in [0.25, 0.3) is 0 Å². The van der Waals surface area contributed by atoms with Crippen LogP contribution >= 0.6 is 11.6 Å². The van der Waals surface area contributed by atoms with Crippen LogP contribution in [-0.2, 0) is 0 Å². The molecule has 0 aliphatic carbocycles. The van der Waals surface area contributed by atoms with Crippen LogP contribution in [0, 0.1) is 11.8 Å². The van der Waals surface area contributed by atoms with Gasteiger partial charge in [0.2, 0.25) is 0 Å². The third kappa shape index (κ3) is 3.89. The first-order chi connectivity index (χ1) is 9.45. The highest BCUT2D eigenvalue weighted by Gasteiger charge is 2.26. The van der Waals surface area contributed by atoms with Gasteiger partial charge in [-0.1, -0.05) is 37.6 Å². The quantitative estimate of drug-likeness (QED) is 0.875. The molecule has 1 aromatic rings. The van der Waals surface area contributed by atoms with Crippen LogP contribution in [0.25, 0.3) is 0 Å². The zero-order chi connectivity index (χ0) is 14.7. The summed E-state index contributed by atoms with van der Waals surface area (Å²) in [5, 5.41) is 3.78. The Kier molecular flexibility index (Phi) is 4.92. The zero-order valence-electron chi connectivity index (χ0n) is 12.4. The predicted molar refractivity (Wildman–Crippen MR) is 82.9 cm³/mol. The maximum absolute atomic E-state index is 12.3. The molecule has 4 heteroatoms. The van der Waals surface area contributed by atoms with Gasteiger partial charge in [0.15, 0.2) is 0 Å². The number of likely N-dealkylation sites (tertiary alicyclic amines) is 1. The normalized spacial score (nSPS) is 24.3. The minimum atomic E-state index is -0.00712. The van der Waals surface area contributed by atoms with Gasteiger partial charge in [-0.05, 0) is 42.9 Å². The van der Waals surface area contributed by atoms with E-state index in [2.05, 4.69) is 19.2 Å². The van der Waals surface area contributed by atoms with Gasteiger partial charge in [0.1, 0.15) is 0 Å². The SMILES string of the molecule is CC1CC(C)CN(C(=O)NC(C)c2ccc(Cl)cc2)C1. The van der Waals surface area contributed by atoms with Gasteiger partial charge < -0.3 is 10.2 Å². The van der Waals surface area contributed by atoms with Gasteiger partial charge in [-0.25, -0.2) is 4.79 Å². The molecule has 0 saturated carbocycles. The number of amides is 2. The molecule has 3 unspecified atom stereocenters. The van der Waals surface area contributed by atoms with Crippen LogP contribution in [0.4, 0.5) is 4.79 Å². The molecule has 1 aliphatic rings. The van der Waals surface area contributed by atoms with E-state index in [0.717, 1.165) is 18.7 Å². The van der Waals surface area contributed by atoms with E-state index in [9.17, 15) is 4.79 Å². The number of halogens is 1. The van der Waals surface area contributed by atoms with E-state index in [0.29, 0.717) is 16.9 Å². The molecular formula is C16H23ClN2O. The Hall–Kier alpha value is -1.22. The van der Waals surface area contributed by atoms with E-state index in [1.54, 1.807) is 0 Å². The molecule has 1 N–H and O–H groups in total. The molecule has 1 saturated heterocycles. The maximum atomic E-state index is 12.3. The summed E-state index contributed by atoms with van der Waals surface area (Å²) in [5.74, 6) is 1.16. The molecule has 20 heavy (non-hydrogen) atoms. The van der Waals surface area contributed by atoms with E-state index in [1.807, 2.05) is 36.1 Å². The first-order valence-corrected chi connectivity index (χ1v) is 7.64. The Balaban J connectivity index is 1.95. The lowest BCUT2D eigenvalue weighted by Gasteiger charge is -2.35. The van der Waals surface area contributed by atoms with Crippen LogP contribution in [0.2, 0.25) is 5.02 Å². The average Bonchev–Trinajstić information content (AvgIpc) is 2.38. The van der Waals surface area contributed by atoms with Crippen molar-refractivity contribution in [1.82, 2.24) is 10.2 Å². The van der Waals surface area contributed by atoms with Crippen molar-refractivity contribution in [3.63, 3.8) is 0 Å². The van der Waals surface area contributed by atoms with Gasteiger partial charge in [-0.2, -0.15) is 0 Å². The molecule has 110 valence electrons. The highest BCUT2D eigenvalue weighted by molar-refractivity contribution is 6.30. The van der Waals surface area contributed by atoms with Gasteiger partial charge in [0.05, 0.1) is 6.04 Å².